The Morgan fingerprint density at radius 2 is 2.19 bits per heavy atom. The minimum Gasteiger partial charge on any atom is -0.381 e. The summed E-state index contributed by atoms with van der Waals surface area (Å²) < 4.78 is 5.19. The van der Waals surface area contributed by atoms with Crippen molar-refractivity contribution in [2.45, 2.75) is 45.3 Å². The molecule has 4 nitrogen and oxygen atoms in total. The van der Waals surface area contributed by atoms with Crippen LogP contribution >= 0.6 is 0 Å². The van der Waals surface area contributed by atoms with Gasteiger partial charge in [0.05, 0.1) is 6.10 Å². The number of ether oxygens (including phenoxy) is 1. The number of hydrogen-bond donors (Lipinski definition) is 1. The highest BCUT2D eigenvalue weighted by molar-refractivity contribution is 5.04. The van der Waals surface area contributed by atoms with Crippen LogP contribution in [0.5, 0.6) is 0 Å². The molecule has 16 heavy (non-hydrogen) atoms. The Labute approximate surface area is 97.2 Å². The first-order chi connectivity index (χ1) is 7.65. The molecule has 0 aromatic carbocycles. The van der Waals surface area contributed by atoms with Crippen molar-refractivity contribution >= 4 is 0 Å². The molecular weight excluding hydrogens is 202 g/mol. The molecule has 1 aromatic heterocycles. The van der Waals surface area contributed by atoms with E-state index >= 15 is 0 Å². The normalized spacial score (nSPS) is 14.8. The van der Waals surface area contributed by atoms with E-state index in [1.807, 2.05) is 13.0 Å². The average Bonchev–Trinajstić information content (AvgIpc) is 2.29. The highest BCUT2D eigenvalue weighted by Gasteiger charge is 2.07. The zero-order valence-corrected chi connectivity index (χ0v) is 10.3. The van der Waals surface area contributed by atoms with E-state index in [2.05, 4.69) is 16.9 Å². The summed E-state index contributed by atoms with van der Waals surface area (Å²) in [5.74, 6) is 0.829. The Hall–Kier alpha value is -1.00. The van der Waals surface area contributed by atoms with Crippen molar-refractivity contribution in [2.24, 2.45) is 5.73 Å². The fraction of sp³-hybridized carbons (Fsp3) is 0.667. The molecule has 0 aliphatic heterocycles. The minimum atomic E-state index is 0.148. The van der Waals surface area contributed by atoms with Gasteiger partial charge in [-0.2, -0.15) is 0 Å². The van der Waals surface area contributed by atoms with Crippen LogP contribution in [0.3, 0.4) is 0 Å². The molecule has 4 heteroatoms. The molecule has 0 aliphatic rings. The van der Waals surface area contributed by atoms with Crippen LogP contribution < -0.4 is 5.73 Å². The summed E-state index contributed by atoms with van der Waals surface area (Å²) in [6.07, 6.45) is 4.46. The van der Waals surface area contributed by atoms with E-state index in [-0.39, 0.29) is 12.1 Å². The van der Waals surface area contributed by atoms with Crippen LogP contribution in [0.4, 0.5) is 0 Å². The lowest BCUT2D eigenvalue weighted by molar-refractivity contribution is 0.117. The Balaban J connectivity index is 2.63. The fourth-order valence-corrected chi connectivity index (χ4v) is 1.41. The van der Waals surface area contributed by atoms with Gasteiger partial charge in [-0.15, -0.1) is 0 Å². The predicted octanol–water partition coefficient (Wildman–Crippen LogP) is 1.33. The van der Waals surface area contributed by atoms with Gasteiger partial charge in [0.1, 0.15) is 5.82 Å². The summed E-state index contributed by atoms with van der Waals surface area (Å²) in [5.41, 5.74) is 6.91. The van der Waals surface area contributed by atoms with Crippen molar-refractivity contribution in [3.63, 3.8) is 0 Å². The Morgan fingerprint density at radius 3 is 2.81 bits per heavy atom. The van der Waals surface area contributed by atoms with E-state index in [4.69, 9.17) is 10.5 Å². The van der Waals surface area contributed by atoms with Gasteiger partial charge in [-0.1, -0.05) is 6.92 Å². The highest BCUT2D eigenvalue weighted by Crippen LogP contribution is 2.04. The largest absolute Gasteiger partial charge is 0.381 e. The van der Waals surface area contributed by atoms with E-state index in [1.165, 1.54) is 0 Å². The average molecular weight is 223 g/mol. The smallest absolute Gasteiger partial charge is 0.131 e. The number of hydrogen-bond acceptors (Lipinski definition) is 4. The summed E-state index contributed by atoms with van der Waals surface area (Å²) in [5, 5.41) is 0. The zero-order chi connectivity index (χ0) is 12.0. The van der Waals surface area contributed by atoms with Crippen molar-refractivity contribution in [3.05, 3.63) is 23.8 Å². The highest BCUT2D eigenvalue weighted by atomic mass is 16.5. The third-order valence-electron chi connectivity index (χ3n) is 2.63. The van der Waals surface area contributed by atoms with Crippen LogP contribution in [0.25, 0.3) is 0 Å². The zero-order valence-electron chi connectivity index (χ0n) is 10.3. The molecule has 0 bridgehead atoms. The molecule has 1 aromatic rings. The molecule has 0 aliphatic carbocycles. The maximum Gasteiger partial charge on any atom is 0.131 e. The van der Waals surface area contributed by atoms with E-state index in [9.17, 15) is 0 Å². The van der Waals surface area contributed by atoms with Crippen LogP contribution in [0, 0.1) is 0 Å². The van der Waals surface area contributed by atoms with Gasteiger partial charge in [0.2, 0.25) is 0 Å². The van der Waals surface area contributed by atoms with E-state index in [0.717, 1.165) is 30.8 Å². The van der Waals surface area contributed by atoms with Crippen LogP contribution in [-0.2, 0) is 17.6 Å². The molecule has 0 fully saturated rings. The molecule has 2 atom stereocenters. The molecular formula is C12H21N3O. The number of aromatic nitrogens is 2. The predicted molar refractivity (Wildman–Crippen MR) is 64.2 cm³/mol. The van der Waals surface area contributed by atoms with Crippen LogP contribution in [0.1, 0.15) is 31.8 Å². The first-order valence-corrected chi connectivity index (χ1v) is 5.74. The minimum absolute atomic E-state index is 0.148. The van der Waals surface area contributed by atoms with Crippen LogP contribution in [0.15, 0.2) is 12.3 Å². The first kappa shape index (κ1) is 13.1. The molecule has 0 radical (unpaired) electrons. The third-order valence-corrected chi connectivity index (χ3v) is 2.63. The summed E-state index contributed by atoms with van der Waals surface area (Å²) >= 11 is 0. The number of nitrogens with two attached hydrogens (primary N) is 1. The van der Waals surface area contributed by atoms with Gasteiger partial charge in [-0.05, 0) is 19.4 Å². The summed E-state index contributed by atoms with van der Waals surface area (Å²) in [4.78, 5) is 8.71. The van der Waals surface area contributed by atoms with Crippen molar-refractivity contribution in [3.8, 4) is 0 Å². The molecule has 1 rings (SSSR count). The molecule has 90 valence electrons. The first-order valence-electron chi connectivity index (χ1n) is 5.74. The molecule has 2 unspecified atom stereocenters. The second-order valence-electron chi connectivity index (χ2n) is 4.09. The number of rotatable bonds is 6. The van der Waals surface area contributed by atoms with Crippen molar-refractivity contribution in [2.75, 3.05) is 7.11 Å². The SMILES string of the molecule is CCC(N)Cc1ccnc(CC(C)OC)n1. The standard InChI is InChI=1S/C12H21N3O/c1-4-10(13)8-11-5-6-14-12(15-11)7-9(2)16-3/h5-6,9-10H,4,7-8,13H2,1-3H3. The quantitative estimate of drug-likeness (QED) is 0.790. The van der Waals surface area contributed by atoms with Crippen LogP contribution in [-0.4, -0.2) is 29.2 Å². The maximum atomic E-state index is 5.90. The van der Waals surface area contributed by atoms with Gasteiger partial charge in [-0.25, -0.2) is 9.97 Å². The second-order valence-corrected chi connectivity index (χ2v) is 4.09. The lowest BCUT2D eigenvalue weighted by atomic mass is 10.1. The molecule has 1 heterocycles. The molecule has 2 N–H and O–H groups in total. The van der Waals surface area contributed by atoms with E-state index < -0.39 is 0 Å². The van der Waals surface area contributed by atoms with Crippen molar-refractivity contribution in [1.29, 1.82) is 0 Å². The van der Waals surface area contributed by atoms with Crippen LogP contribution in [0.2, 0.25) is 0 Å². The summed E-state index contributed by atoms with van der Waals surface area (Å²) in [7, 11) is 1.70. The monoisotopic (exact) mass is 223 g/mol. The van der Waals surface area contributed by atoms with Gasteiger partial charge in [0, 0.05) is 37.9 Å². The maximum absolute atomic E-state index is 5.90. The number of methoxy groups -OCH3 is 1. The van der Waals surface area contributed by atoms with E-state index in [1.54, 1.807) is 13.3 Å². The third kappa shape index (κ3) is 4.24. The van der Waals surface area contributed by atoms with Gasteiger partial charge in [0.15, 0.2) is 0 Å². The van der Waals surface area contributed by atoms with Gasteiger partial charge >= 0.3 is 0 Å². The molecule has 0 saturated heterocycles. The van der Waals surface area contributed by atoms with E-state index in [0.29, 0.717) is 0 Å². The van der Waals surface area contributed by atoms with Crippen molar-refractivity contribution in [1.82, 2.24) is 9.97 Å². The molecule has 0 saturated carbocycles. The molecule has 0 spiro atoms. The summed E-state index contributed by atoms with van der Waals surface area (Å²) in [6, 6.07) is 2.11. The molecule has 0 amide bonds. The van der Waals surface area contributed by atoms with Gasteiger partial charge in [-0.3, -0.25) is 0 Å². The lowest BCUT2D eigenvalue weighted by Crippen LogP contribution is -2.22. The lowest BCUT2D eigenvalue weighted by Gasteiger charge is -2.10. The topological polar surface area (TPSA) is 61.0 Å². The second kappa shape index (κ2) is 6.55. The Bertz CT molecular complexity index is 290. The fourth-order valence-electron chi connectivity index (χ4n) is 1.41. The summed E-state index contributed by atoms with van der Waals surface area (Å²) in [6.45, 7) is 4.09. The van der Waals surface area contributed by atoms with Gasteiger partial charge < -0.3 is 10.5 Å². The number of nitrogens with zero attached hydrogens (tertiary/aromatic N) is 2. The Kier molecular flexibility index (Phi) is 5.35. The van der Waals surface area contributed by atoms with Gasteiger partial charge in [0.25, 0.3) is 0 Å². The van der Waals surface area contributed by atoms with Crippen molar-refractivity contribution < 1.29 is 4.74 Å². The Morgan fingerprint density at radius 1 is 1.44 bits per heavy atom.